The summed E-state index contributed by atoms with van der Waals surface area (Å²) >= 11 is 30.9. The van der Waals surface area contributed by atoms with Crippen LogP contribution >= 0.6 is 58.0 Å². The summed E-state index contributed by atoms with van der Waals surface area (Å²) in [5.41, 5.74) is 2.10. The summed E-state index contributed by atoms with van der Waals surface area (Å²) in [6.45, 7) is 5.82. The van der Waals surface area contributed by atoms with E-state index < -0.39 is 0 Å². The van der Waals surface area contributed by atoms with Crippen LogP contribution in [0, 0.1) is 0 Å². The van der Waals surface area contributed by atoms with E-state index >= 15 is 0 Å². The third-order valence-electron chi connectivity index (χ3n) is 5.42. The van der Waals surface area contributed by atoms with Crippen molar-refractivity contribution in [3.63, 3.8) is 0 Å². The maximum absolute atomic E-state index is 6.27. The molecule has 4 nitrogen and oxygen atoms in total. The highest BCUT2D eigenvalue weighted by molar-refractivity contribution is 6.55. The van der Waals surface area contributed by atoms with Gasteiger partial charge in [0.05, 0.1) is 22.2 Å². The molecule has 1 fully saturated rings. The topological polar surface area (TPSA) is 24.9 Å². The molecule has 3 rings (SSSR count). The molecule has 0 saturated carbocycles. The lowest BCUT2D eigenvalue weighted by molar-refractivity contribution is 0.153. The molecule has 0 radical (unpaired) electrons. The van der Waals surface area contributed by atoms with Gasteiger partial charge in [-0.2, -0.15) is 0 Å². The minimum absolute atomic E-state index is 0.102. The highest BCUT2D eigenvalue weighted by Crippen LogP contribution is 2.48. The highest BCUT2D eigenvalue weighted by atomic mass is 35.5. The van der Waals surface area contributed by atoms with E-state index in [1.54, 1.807) is 7.11 Å². The van der Waals surface area contributed by atoms with Crippen molar-refractivity contribution >= 4 is 58.0 Å². The van der Waals surface area contributed by atoms with Crippen LogP contribution in [0.25, 0.3) is 0 Å². The number of ether oxygens (including phenoxy) is 2. The number of likely N-dealkylation sites (N-methyl/N-ethyl adjacent to an activating group) is 1. The molecule has 0 spiro atoms. The maximum Gasteiger partial charge on any atom is 0.160 e. The number of benzene rings is 2. The summed E-state index contributed by atoms with van der Waals surface area (Å²) in [5, 5.41) is 0.576. The van der Waals surface area contributed by atoms with E-state index in [1.165, 1.54) is 5.56 Å². The Bertz CT molecular complexity index is 888. The number of hydrogen-bond donors (Lipinski definition) is 0. The molecule has 0 unspecified atom stereocenters. The number of methoxy groups -OCH3 is 1. The monoisotopic (exact) mass is 524 g/mol. The lowest BCUT2D eigenvalue weighted by Gasteiger charge is -2.32. The van der Waals surface area contributed by atoms with E-state index in [-0.39, 0.29) is 37.5 Å². The van der Waals surface area contributed by atoms with Crippen molar-refractivity contribution in [2.24, 2.45) is 0 Å². The number of halogens is 5. The van der Waals surface area contributed by atoms with Gasteiger partial charge in [0.25, 0.3) is 0 Å². The Morgan fingerprint density at radius 2 is 1.48 bits per heavy atom. The van der Waals surface area contributed by atoms with Crippen LogP contribution < -0.4 is 9.47 Å². The summed E-state index contributed by atoms with van der Waals surface area (Å²) in [4.78, 5) is 4.89. The van der Waals surface area contributed by atoms with Gasteiger partial charge in [0, 0.05) is 31.7 Å². The van der Waals surface area contributed by atoms with E-state index in [1.807, 2.05) is 6.07 Å². The van der Waals surface area contributed by atoms with Gasteiger partial charge in [0.15, 0.2) is 5.75 Å². The zero-order chi connectivity index (χ0) is 22.5. The molecule has 2 aromatic rings. The Balaban J connectivity index is 1.66. The minimum atomic E-state index is 0.102. The van der Waals surface area contributed by atoms with Gasteiger partial charge in [-0.25, -0.2) is 0 Å². The van der Waals surface area contributed by atoms with Crippen molar-refractivity contribution in [2.45, 2.75) is 19.4 Å². The van der Waals surface area contributed by atoms with E-state index in [0.29, 0.717) is 0 Å². The molecule has 170 valence electrons. The van der Waals surface area contributed by atoms with Gasteiger partial charge < -0.3 is 19.3 Å². The van der Waals surface area contributed by atoms with Crippen molar-refractivity contribution in [3.8, 4) is 11.5 Å². The molecule has 0 N–H and O–H groups in total. The fourth-order valence-electron chi connectivity index (χ4n) is 3.54. The standard InChI is InChI=1S/C22H25Cl5N2O2/c1-28-8-10-29(11-9-28)7-3-4-14-5-6-16(30-2)15(12-14)13-31-22-20(26)18(24)17(23)19(25)21(22)27/h5-6,12H,3-4,7-11,13H2,1-2H3. The molecule has 1 heterocycles. The van der Waals surface area contributed by atoms with Gasteiger partial charge in [-0.05, 0) is 44.1 Å². The van der Waals surface area contributed by atoms with Crippen LogP contribution in [-0.2, 0) is 13.0 Å². The Hall–Kier alpha value is -0.590. The Labute approximate surface area is 208 Å². The third kappa shape index (κ3) is 6.26. The van der Waals surface area contributed by atoms with Gasteiger partial charge >= 0.3 is 0 Å². The highest BCUT2D eigenvalue weighted by Gasteiger charge is 2.21. The van der Waals surface area contributed by atoms with Crippen molar-refractivity contribution < 1.29 is 9.47 Å². The summed E-state index contributed by atoms with van der Waals surface area (Å²) in [5.74, 6) is 0.923. The first-order valence-electron chi connectivity index (χ1n) is 10.0. The van der Waals surface area contributed by atoms with E-state index in [0.717, 1.165) is 56.9 Å². The number of piperazine rings is 1. The van der Waals surface area contributed by atoms with Gasteiger partial charge in [-0.3, -0.25) is 0 Å². The second-order valence-corrected chi connectivity index (χ2v) is 9.47. The normalized spacial score (nSPS) is 15.3. The summed E-state index contributed by atoms with van der Waals surface area (Å²) in [6, 6.07) is 6.13. The molecule has 0 bridgehead atoms. The molecule has 0 atom stereocenters. The van der Waals surface area contributed by atoms with Gasteiger partial charge in [0.1, 0.15) is 22.4 Å². The van der Waals surface area contributed by atoms with E-state index in [9.17, 15) is 0 Å². The second-order valence-electron chi connectivity index (χ2n) is 7.58. The summed E-state index contributed by atoms with van der Waals surface area (Å²) in [6.07, 6.45) is 2.07. The molecular formula is C22H25Cl5N2O2. The smallest absolute Gasteiger partial charge is 0.160 e. The number of nitrogens with zero attached hydrogens (tertiary/aromatic N) is 2. The Kier molecular flexibility index (Phi) is 9.30. The molecule has 1 aliphatic rings. The van der Waals surface area contributed by atoms with Crippen LogP contribution in [-0.4, -0.2) is 56.7 Å². The first-order chi connectivity index (χ1) is 14.8. The lowest BCUT2D eigenvalue weighted by Crippen LogP contribution is -2.44. The van der Waals surface area contributed by atoms with E-state index in [2.05, 4.69) is 29.0 Å². The zero-order valence-corrected chi connectivity index (χ0v) is 21.3. The molecule has 0 amide bonds. The molecule has 1 aliphatic heterocycles. The fourth-order valence-corrected chi connectivity index (χ4v) is 4.77. The van der Waals surface area contributed by atoms with Crippen molar-refractivity contribution in [1.29, 1.82) is 0 Å². The summed E-state index contributed by atoms with van der Waals surface area (Å²) < 4.78 is 11.4. The van der Waals surface area contributed by atoms with E-state index in [4.69, 9.17) is 67.5 Å². The molecule has 9 heteroatoms. The van der Waals surface area contributed by atoms with Crippen LogP contribution in [0.1, 0.15) is 17.5 Å². The Morgan fingerprint density at radius 3 is 2.10 bits per heavy atom. The SMILES string of the molecule is COc1ccc(CCCN2CCN(C)CC2)cc1COc1c(Cl)c(Cl)c(Cl)c(Cl)c1Cl. The first kappa shape index (κ1) is 25.0. The predicted octanol–water partition coefficient (Wildman–Crippen LogP) is 6.72. The first-order valence-corrected chi connectivity index (χ1v) is 11.9. The van der Waals surface area contributed by atoms with Crippen LogP contribution in [0.3, 0.4) is 0 Å². The fraction of sp³-hybridized carbons (Fsp3) is 0.455. The molecular weight excluding hydrogens is 502 g/mol. The largest absolute Gasteiger partial charge is 0.496 e. The van der Waals surface area contributed by atoms with Crippen LogP contribution in [0.5, 0.6) is 11.5 Å². The predicted molar refractivity (Wildman–Crippen MR) is 131 cm³/mol. The van der Waals surface area contributed by atoms with Crippen molar-refractivity contribution in [2.75, 3.05) is 46.9 Å². The molecule has 0 aliphatic carbocycles. The average Bonchev–Trinajstić information content (AvgIpc) is 2.78. The molecule has 2 aromatic carbocycles. The van der Waals surface area contributed by atoms with Gasteiger partial charge in [0.2, 0.25) is 0 Å². The van der Waals surface area contributed by atoms with Gasteiger partial charge in [-0.15, -0.1) is 0 Å². The minimum Gasteiger partial charge on any atom is -0.496 e. The van der Waals surface area contributed by atoms with Crippen molar-refractivity contribution in [1.82, 2.24) is 9.80 Å². The number of hydrogen-bond acceptors (Lipinski definition) is 4. The van der Waals surface area contributed by atoms with Crippen LogP contribution in [0.4, 0.5) is 0 Å². The second kappa shape index (κ2) is 11.5. The maximum atomic E-state index is 6.27. The number of aryl methyl sites for hydroxylation is 1. The number of rotatable bonds is 8. The van der Waals surface area contributed by atoms with Crippen molar-refractivity contribution in [3.05, 3.63) is 54.4 Å². The van der Waals surface area contributed by atoms with Crippen LogP contribution in [0.15, 0.2) is 18.2 Å². The van der Waals surface area contributed by atoms with Gasteiger partial charge in [-0.1, -0.05) is 64.1 Å². The lowest BCUT2D eigenvalue weighted by atomic mass is 10.1. The molecule has 0 aromatic heterocycles. The van der Waals surface area contributed by atoms with Crippen LogP contribution in [0.2, 0.25) is 25.1 Å². The quantitative estimate of drug-likeness (QED) is 0.282. The summed E-state index contributed by atoms with van der Waals surface area (Å²) in [7, 11) is 3.80. The molecule has 31 heavy (non-hydrogen) atoms. The zero-order valence-electron chi connectivity index (χ0n) is 17.5. The Morgan fingerprint density at radius 1 is 0.871 bits per heavy atom. The molecule has 1 saturated heterocycles. The average molecular weight is 527 g/mol. The third-order valence-corrected chi connectivity index (χ3v) is 7.66.